The summed E-state index contributed by atoms with van der Waals surface area (Å²) in [7, 11) is 0. The van der Waals surface area contributed by atoms with E-state index in [2.05, 4.69) is 15.5 Å². The monoisotopic (exact) mass is 260 g/mol. The van der Waals surface area contributed by atoms with Gasteiger partial charge >= 0.3 is 0 Å². The maximum absolute atomic E-state index is 12.0. The maximum Gasteiger partial charge on any atom is 0.270 e. The standard InChI is InChI=1S/C12H12N4O3/c1-7-3-4-9(16(18)19)6-10(7)12(17)13-11-5-8(2)14-15-11/h3-6H,1-2H3,(H2,13,14,15,17). The molecule has 1 heterocycles. The van der Waals surface area contributed by atoms with Gasteiger partial charge in [-0.1, -0.05) is 6.07 Å². The van der Waals surface area contributed by atoms with Crippen LogP contribution in [0.5, 0.6) is 0 Å². The van der Waals surface area contributed by atoms with Gasteiger partial charge < -0.3 is 5.32 Å². The molecule has 0 radical (unpaired) electrons. The number of hydrogen-bond donors (Lipinski definition) is 2. The van der Waals surface area contributed by atoms with Crippen molar-refractivity contribution in [1.82, 2.24) is 10.2 Å². The highest BCUT2D eigenvalue weighted by Crippen LogP contribution is 2.18. The molecule has 0 fully saturated rings. The minimum atomic E-state index is -0.533. The summed E-state index contributed by atoms with van der Waals surface area (Å²) in [6.07, 6.45) is 0. The molecule has 7 heteroatoms. The summed E-state index contributed by atoms with van der Waals surface area (Å²) in [5, 5.41) is 19.9. The van der Waals surface area contributed by atoms with Crippen molar-refractivity contribution in [2.24, 2.45) is 0 Å². The summed E-state index contributed by atoms with van der Waals surface area (Å²) >= 11 is 0. The molecule has 7 nitrogen and oxygen atoms in total. The molecule has 0 saturated carbocycles. The number of nitrogens with zero attached hydrogens (tertiary/aromatic N) is 2. The van der Waals surface area contributed by atoms with Crippen LogP contribution in [0.2, 0.25) is 0 Å². The lowest BCUT2D eigenvalue weighted by Crippen LogP contribution is -2.14. The highest BCUT2D eigenvalue weighted by atomic mass is 16.6. The van der Waals surface area contributed by atoms with Crippen molar-refractivity contribution in [3.05, 3.63) is 51.2 Å². The number of benzene rings is 1. The first-order valence-corrected chi connectivity index (χ1v) is 5.56. The van der Waals surface area contributed by atoms with Gasteiger partial charge in [0.1, 0.15) is 0 Å². The zero-order valence-corrected chi connectivity index (χ0v) is 10.4. The summed E-state index contributed by atoms with van der Waals surface area (Å²) < 4.78 is 0. The van der Waals surface area contributed by atoms with Crippen molar-refractivity contribution in [2.45, 2.75) is 13.8 Å². The number of hydrogen-bond acceptors (Lipinski definition) is 4. The second-order valence-electron chi connectivity index (χ2n) is 4.15. The molecule has 2 aromatic rings. The molecule has 0 saturated heterocycles. The number of aryl methyl sites for hydroxylation is 2. The second-order valence-corrected chi connectivity index (χ2v) is 4.15. The fourth-order valence-electron chi connectivity index (χ4n) is 1.63. The Morgan fingerprint density at radius 3 is 2.68 bits per heavy atom. The summed E-state index contributed by atoms with van der Waals surface area (Å²) in [6, 6.07) is 5.84. The van der Waals surface area contributed by atoms with Gasteiger partial charge in [0.05, 0.1) is 4.92 Å². The van der Waals surface area contributed by atoms with E-state index in [1.165, 1.54) is 12.1 Å². The number of H-pyrrole nitrogens is 1. The van der Waals surface area contributed by atoms with Gasteiger partial charge in [0.2, 0.25) is 0 Å². The number of carbonyl (C=O) groups is 1. The molecule has 1 amide bonds. The van der Waals surface area contributed by atoms with Gasteiger partial charge in [-0.2, -0.15) is 5.10 Å². The molecule has 1 aromatic heterocycles. The third-order valence-corrected chi connectivity index (χ3v) is 2.62. The van der Waals surface area contributed by atoms with Gasteiger partial charge in [-0.15, -0.1) is 0 Å². The van der Waals surface area contributed by atoms with E-state index in [0.717, 1.165) is 5.69 Å². The van der Waals surface area contributed by atoms with E-state index < -0.39 is 10.8 Å². The van der Waals surface area contributed by atoms with E-state index in [1.54, 1.807) is 26.0 Å². The number of nitro benzene ring substituents is 1. The van der Waals surface area contributed by atoms with Crippen molar-refractivity contribution in [3.8, 4) is 0 Å². The molecule has 1 aromatic carbocycles. The number of carbonyl (C=O) groups excluding carboxylic acids is 1. The fraction of sp³-hybridized carbons (Fsp3) is 0.167. The van der Waals surface area contributed by atoms with Crippen LogP contribution in [-0.4, -0.2) is 21.0 Å². The van der Waals surface area contributed by atoms with Crippen LogP contribution in [0.1, 0.15) is 21.6 Å². The van der Waals surface area contributed by atoms with Crippen LogP contribution in [0.15, 0.2) is 24.3 Å². The third-order valence-electron chi connectivity index (χ3n) is 2.62. The molecular formula is C12H12N4O3. The van der Waals surface area contributed by atoms with Crippen LogP contribution in [0, 0.1) is 24.0 Å². The van der Waals surface area contributed by atoms with Crippen LogP contribution in [0.3, 0.4) is 0 Å². The van der Waals surface area contributed by atoms with Crippen molar-refractivity contribution in [3.63, 3.8) is 0 Å². The number of nitrogens with one attached hydrogen (secondary N) is 2. The lowest BCUT2D eigenvalue weighted by Gasteiger charge is -2.05. The van der Waals surface area contributed by atoms with Crippen LogP contribution >= 0.6 is 0 Å². The average Bonchev–Trinajstić information content (AvgIpc) is 2.74. The van der Waals surface area contributed by atoms with Crippen molar-refractivity contribution in [1.29, 1.82) is 0 Å². The zero-order chi connectivity index (χ0) is 14.0. The number of amides is 1. The molecular weight excluding hydrogens is 248 g/mol. The van der Waals surface area contributed by atoms with Crippen LogP contribution in [-0.2, 0) is 0 Å². The normalized spacial score (nSPS) is 10.2. The quantitative estimate of drug-likeness (QED) is 0.652. The molecule has 0 aliphatic heterocycles. The van der Waals surface area contributed by atoms with E-state index in [9.17, 15) is 14.9 Å². The average molecular weight is 260 g/mol. The smallest absolute Gasteiger partial charge is 0.270 e. The van der Waals surface area contributed by atoms with E-state index in [4.69, 9.17) is 0 Å². The van der Waals surface area contributed by atoms with Gasteiger partial charge in [-0.25, -0.2) is 0 Å². The Hall–Kier alpha value is -2.70. The van der Waals surface area contributed by atoms with Crippen LogP contribution in [0.4, 0.5) is 11.5 Å². The van der Waals surface area contributed by atoms with Crippen LogP contribution < -0.4 is 5.32 Å². The molecule has 2 rings (SSSR count). The number of anilines is 1. The van der Waals surface area contributed by atoms with Gasteiger partial charge in [0, 0.05) is 29.5 Å². The van der Waals surface area contributed by atoms with Gasteiger partial charge in [0.15, 0.2) is 5.82 Å². The summed E-state index contributed by atoms with van der Waals surface area (Å²) in [5.74, 6) is -0.0406. The highest BCUT2D eigenvalue weighted by molar-refractivity contribution is 6.05. The predicted molar refractivity (Wildman–Crippen MR) is 69.1 cm³/mol. The summed E-state index contributed by atoms with van der Waals surface area (Å²) in [6.45, 7) is 3.52. The van der Waals surface area contributed by atoms with Crippen molar-refractivity contribution < 1.29 is 9.72 Å². The number of aromatic nitrogens is 2. The second kappa shape index (κ2) is 4.89. The van der Waals surface area contributed by atoms with Gasteiger partial charge in [-0.3, -0.25) is 20.0 Å². The predicted octanol–water partition coefficient (Wildman–Crippen LogP) is 2.19. The molecule has 0 bridgehead atoms. The lowest BCUT2D eigenvalue weighted by molar-refractivity contribution is -0.384. The molecule has 2 N–H and O–H groups in total. The molecule has 19 heavy (non-hydrogen) atoms. The highest BCUT2D eigenvalue weighted by Gasteiger charge is 2.15. The molecule has 0 aliphatic rings. The van der Waals surface area contributed by atoms with Crippen molar-refractivity contribution >= 4 is 17.4 Å². The number of nitro groups is 1. The van der Waals surface area contributed by atoms with E-state index >= 15 is 0 Å². The Morgan fingerprint density at radius 2 is 2.11 bits per heavy atom. The van der Waals surface area contributed by atoms with Crippen molar-refractivity contribution in [2.75, 3.05) is 5.32 Å². The SMILES string of the molecule is Cc1cc(NC(=O)c2cc([N+](=O)[O-])ccc2C)n[nH]1. The first kappa shape index (κ1) is 12.7. The van der Waals surface area contributed by atoms with E-state index in [-0.39, 0.29) is 11.3 Å². The molecule has 0 atom stereocenters. The molecule has 0 unspecified atom stereocenters. The van der Waals surface area contributed by atoms with E-state index in [0.29, 0.717) is 11.4 Å². The summed E-state index contributed by atoms with van der Waals surface area (Å²) in [4.78, 5) is 22.2. The van der Waals surface area contributed by atoms with E-state index in [1.807, 2.05) is 0 Å². The minimum absolute atomic E-state index is 0.117. The fourth-order valence-corrected chi connectivity index (χ4v) is 1.63. The largest absolute Gasteiger partial charge is 0.305 e. The maximum atomic E-state index is 12.0. The molecule has 98 valence electrons. The van der Waals surface area contributed by atoms with Gasteiger partial charge in [-0.05, 0) is 19.4 Å². The Labute approximate surface area is 108 Å². The van der Waals surface area contributed by atoms with Gasteiger partial charge in [0.25, 0.3) is 11.6 Å². The topological polar surface area (TPSA) is 101 Å². The number of non-ortho nitro benzene ring substituents is 1. The Morgan fingerprint density at radius 1 is 1.37 bits per heavy atom. The first-order valence-electron chi connectivity index (χ1n) is 5.56. The minimum Gasteiger partial charge on any atom is -0.305 e. The lowest BCUT2D eigenvalue weighted by atomic mass is 10.1. The Bertz CT molecular complexity index is 648. The zero-order valence-electron chi connectivity index (χ0n) is 10.4. The Balaban J connectivity index is 2.27. The number of aromatic amines is 1. The van der Waals surface area contributed by atoms with Crippen LogP contribution in [0.25, 0.3) is 0 Å². The third kappa shape index (κ3) is 2.76. The number of rotatable bonds is 3. The summed E-state index contributed by atoms with van der Waals surface area (Å²) in [5.41, 5.74) is 1.62. The molecule has 0 spiro atoms. The molecule has 0 aliphatic carbocycles. The Kier molecular flexibility index (Phi) is 3.28. The first-order chi connectivity index (χ1) is 8.97.